The van der Waals surface area contributed by atoms with Crippen LogP contribution in [0, 0.1) is 0 Å². The number of carbonyl (C=O) groups excluding carboxylic acids is 2. The van der Waals surface area contributed by atoms with Crippen LogP contribution in [0.4, 0.5) is 5.69 Å². The number of hydrogen-bond donors (Lipinski definition) is 1. The van der Waals surface area contributed by atoms with Gasteiger partial charge < -0.3 is 5.11 Å². The third-order valence-electron chi connectivity index (χ3n) is 3.45. The van der Waals surface area contributed by atoms with Crippen LogP contribution in [0.15, 0.2) is 47.6 Å². The predicted molar refractivity (Wildman–Crippen MR) is 89.4 cm³/mol. The number of aromatic carboxylic acids is 1. The van der Waals surface area contributed by atoms with E-state index < -0.39 is 17.1 Å². The standard InChI is InChI=1S/C16H11ClN2O4S/c17-9-3-5-10(6-4-9)19-13(20)8-12(15(19)21)24-14-11(16(22)23)2-1-7-18-14/h1-7,12H,8H2,(H,22,23)/t12-/m1/s1. The summed E-state index contributed by atoms with van der Waals surface area (Å²) in [5.74, 6) is -1.86. The molecule has 6 nitrogen and oxygen atoms in total. The molecule has 1 fully saturated rings. The molecule has 1 aliphatic rings. The van der Waals surface area contributed by atoms with E-state index in [-0.39, 0.29) is 22.9 Å². The molecule has 2 aromatic rings. The maximum Gasteiger partial charge on any atom is 0.338 e. The summed E-state index contributed by atoms with van der Waals surface area (Å²) in [6.07, 6.45) is 1.44. The van der Waals surface area contributed by atoms with Gasteiger partial charge in [0.25, 0.3) is 0 Å². The van der Waals surface area contributed by atoms with Crippen molar-refractivity contribution in [3.8, 4) is 0 Å². The van der Waals surface area contributed by atoms with E-state index in [1.165, 1.54) is 18.3 Å². The highest BCUT2D eigenvalue weighted by atomic mass is 35.5. The summed E-state index contributed by atoms with van der Waals surface area (Å²) in [5.41, 5.74) is 0.449. The van der Waals surface area contributed by atoms with Gasteiger partial charge in [0.2, 0.25) is 11.8 Å². The molecule has 1 aromatic carbocycles. The lowest BCUT2D eigenvalue weighted by Crippen LogP contribution is -2.31. The molecule has 3 rings (SSSR count). The number of carbonyl (C=O) groups is 3. The Morgan fingerprint density at radius 2 is 1.96 bits per heavy atom. The van der Waals surface area contributed by atoms with Crippen molar-refractivity contribution in [2.75, 3.05) is 4.90 Å². The molecule has 0 saturated carbocycles. The number of benzene rings is 1. The minimum atomic E-state index is -1.13. The average molecular weight is 363 g/mol. The first kappa shape index (κ1) is 16.5. The Labute approximate surface area is 146 Å². The highest BCUT2D eigenvalue weighted by Gasteiger charge is 2.40. The van der Waals surface area contributed by atoms with Crippen molar-refractivity contribution >= 4 is 46.8 Å². The van der Waals surface area contributed by atoms with Gasteiger partial charge in [-0.05, 0) is 36.4 Å². The largest absolute Gasteiger partial charge is 0.478 e. The SMILES string of the molecule is O=C(O)c1cccnc1S[C@@H]1CC(=O)N(c2ccc(Cl)cc2)C1=O. The van der Waals surface area contributed by atoms with Gasteiger partial charge in [0, 0.05) is 17.6 Å². The fourth-order valence-corrected chi connectivity index (χ4v) is 3.57. The second kappa shape index (κ2) is 6.62. The first-order valence-corrected chi connectivity index (χ1v) is 8.20. The van der Waals surface area contributed by atoms with E-state index >= 15 is 0 Å². The Balaban J connectivity index is 1.85. The Morgan fingerprint density at radius 3 is 2.62 bits per heavy atom. The van der Waals surface area contributed by atoms with Crippen LogP contribution >= 0.6 is 23.4 Å². The Kier molecular flexibility index (Phi) is 4.55. The van der Waals surface area contributed by atoms with Crippen molar-refractivity contribution in [2.45, 2.75) is 16.7 Å². The Bertz CT molecular complexity index is 825. The lowest BCUT2D eigenvalue weighted by Gasteiger charge is -2.15. The minimum Gasteiger partial charge on any atom is -0.478 e. The van der Waals surface area contributed by atoms with E-state index in [1.54, 1.807) is 24.3 Å². The van der Waals surface area contributed by atoms with E-state index in [0.717, 1.165) is 16.7 Å². The molecule has 1 aromatic heterocycles. The van der Waals surface area contributed by atoms with Crippen LogP contribution in [0.25, 0.3) is 0 Å². The molecule has 2 heterocycles. The van der Waals surface area contributed by atoms with Crippen LogP contribution in [0.2, 0.25) is 5.02 Å². The van der Waals surface area contributed by atoms with E-state index in [2.05, 4.69) is 4.98 Å². The number of rotatable bonds is 4. The topological polar surface area (TPSA) is 87.6 Å². The summed E-state index contributed by atoms with van der Waals surface area (Å²) in [5, 5.41) is 9.20. The molecule has 1 N–H and O–H groups in total. The lowest BCUT2D eigenvalue weighted by atomic mass is 10.3. The van der Waals surface area contributed by atoms with E-state index in [4.69, 9.17) is 11.6 Å². The number of aromatic nitrogens is 1. The molecule has 0 aliphatic carbocycles. The first-order valence-electron chi connectivity index (χ1n) is 6.94. The van der Waals surface area contributed by atoms with Crippen LogP contribution in [0.3, 0.4) is 0 Å². The zero-order valence-corrected chi connectivity index (χ0v) is 13.8. The van der Waals surface area contributed by atoms with Crippen molar-refractivity contribution in [1.82, 2.24) is 4.98 Å². The molecule has 8 heteroatoms. The number of amides is 2. The lowest BCUT2D eigenvalue weighted by molar-refractivity contribution is -0.121. The average Bonchev–Trinajstić information content (AvgIpc) is 2.83. The van der Waals surface area contributed by atoms with Crippen molar-refractivity contribution in [3.63, 3.8) is 0 Å². The van der Waals surface area contributed by atoms with Crippen molar-refractivity contribution in [2.24, 2.45) is 0 Å². The molecule has 0 radical (unpaired) electrons. The summed E-state index contributed by atoms with van der Waals surface area (Å²) < 4.78 is 0. The van der Waals surface area contributed by atoms with Gasteiger partial charge in [0.05, 0.1) is 16.5 Å². The van der Waals surface area contributed by atoms with Gasteiger partial charge in [0.15, 0.2) is 0 Å². The van der Waals surface area contributed by atoms with Crippen molar-refractivity contribution < 1.29 is 19.5 Å². The number of hydrogen-bond acceptors (Lipinski definition) is 5. The van der Waals surface area contributed by atoms with E-state index in [9.17, 15) is 19.5 Å². The number of thioether (sulfide) groups is 1. The number of pyridine rings is 1. The highest BCUT2D eigenvalue weighted by Crippen LogP contribution is 2.34. The molecule has 1 atom stereocenters. The number of carboxylic acid groups (broad SMARTS) is 1. The molecular weight excluding hydrogens is 352 g/mol. The number of anilines is 1. The summed E-state index contributed by atoms with van der Waals surface area (Å²) in [7, 11) is 0. The normalized spacial score (nSPS) is 17.4. The zero-order valence-electron chi connectivity index (χ0n) is 12.2. The first-order chi connectivity index (χ1) is 11.5. The molecule has 0 unspecified atom stereocenters. The fourth-order valence-electron chi connectivity index (χ4n) is 2.34. The zero-order chi connectivity index (χ0) is 17.3. The molecule has 0 bridgehead atoms. The van der Waals surface area contributed by atoms with Crippen molar-refractivity contribution in [3.05, 3.63) is 53.2 Å². The molecule has 1 aliphatic heterocycles. The third kappa shape index (κ3) is 3.13. The smallest absolute Gasteiger partial charge is 0.338 e. The van der Waals surface area contributed by atoms with Crippen LogP contribution in [-0.2, 0) is 9.59 Å². The van der Waals surface area contributed by atoms with E-state index in [0.29, 0.717) is 10.7 Å². The number of halogens is 1. The van der Waals surface area contributed by atoms with Gasteiger partial charge in [-0.2, -0.15) is 0 Å². The molecule has 24 heavy (non-hydrogen) atoms. The van der Waals surface area contributed by atoms with Crippen LogP contribution in [0.5, 0.6) is 0 Å². The Morgan fingerprint density at radius 1 is 1.25 bits per heavy atom. The molecule has 2 amide bonds. The third-order valence-corrected chi connectivity index (χ3v) is 4.90. The summed E-state index contributed by atoms with van der Waals surface area (Å²) >= 11 is 6.81. The van der Waals surface area contributed by atoms with Gasteiger partial charge in [0.1, 0.15) is 5.03 Å². The summed E-state index contributed by atoms with van der Waals surface area (Å²) in [4.78, 5) is 41.1. The van der Waals surface area contributed by atoms with Gasteiger partial charge in [-0.1, -0.05) is 23.4 Å². The van der Waals surface area contributed by atoms with Crippen LogP contribution < -0.4 is 4.90 Å². The van der Waals surface area contributed by atoms with Gasteiger partial charge >= 0.3 is 5.97 Å². The highest BCUT2D eigenvalue weighted by molar-refractivity contribution is 8.00. The Hall–Kier alpha value is -2.38. The van der Waals surface area contributed by atoms with Crippen LogP contribution in [0.1, 0.15) is 16.8 Å². The fraction of sp³-hybridized carbons (Fsp3) is 0.125. The van der Waals surface area contributed by atoms with E-state index in [1.807, 2.05) is 0 Å². The molecule has 122 valence electrons. The number of carboxylic acids is 1. The summed E-state index contributed by atoms with van der Waals surface area (Å²) in [6, 6.07) is 9.30. The van der Waals surface area contributed by atoms with Crippen molar-refractivity contribution in [1.29, 1.82) is 0 Å². The van der Waals surface area contributed by atoms with Crippen LogP contribution in [-0.4, -0.2) is 33.1 Å². The maximum absolute atomic E-state index is 12.6. The summed E-state index contributed by atoms with van der Waals surface area (Å²) in [6.45, 7) is 0. The van der Waals surface area contributed by atoms with Gasteiger partial charge in [-0.3, -0.25) is 9.59 Å². The number of imide groups is 1. The van der Waals surface area contributed by atoms with Gasteiger partial charge in [-0.25, -0.2) is 14.7 Å². The maximum atomic E-state index is 12.6. The molecule has 0 spiro atoms. The second-order valence-corrected chi connectivity index (χ2v) is 6.64. The quantitative estimate of drug-likeness (QED) is 0.841. The number of nitrogens with zero attached hydrogens (tertiary/aromatic N) is 2. The van der Waals surface area contributed by atoms with Gasteiger partial charge in [-0.15, -0.1) is 0 Å². The monoisotopic (exact) mass is 362 g/mol. The second-order valence-electron chi connectivity index (χ2n) is 5.02. The minimum absolute atomic E-state index is 0.00712. The molecular formula is C16H11ClN2O4S. The molecule has 1 saturated heterocycles. The predicted octanol–water partition coefficient (Wildman–Crippen LogP) is 2.86.